The van der Waals surface area contributed by atoms with Crippen LogP contribution < -0.4 is 5.32 Å². The third kappa shape index (κ3) is 3.44. The fourth-order valence-electron chi connectivity index (χ4n) is 1.98. The van der Waals surface area contributed by atoms with E-state index in [-0.39, 0.29) is 12.6 Å². The molecule has 0 aliphatic carbocycles. The van der Waals surface area contributed by atoms with E-state index in [1.807, 2.05) is 21.7 Å². The maximum absolute atomic E-state index is 11.8. The number of thiophene rings is 1. The number of carbonyl (C=O) groups is 1. The van der Waals surface area contributed by atoms with E-state index in [0.717, 1.165) is 31.5 Å². The van der Waals surface area contributed by atoms with Gasteiger partial charge in [-0.1, -0.05) is 0 Å². The van der Waals surface area contributed by atoms with Crippen LogP contribution in [0.1, 0.15) is 30.9 Å². The van der Waals surface area contributed by atoms with Gasteiger partial charge < -0.3 is 15.3 Å². The van der Waals surface area contributed by atoms with Gasteiger partial charge in [-0.15, -0.1) is 0 Å². The Bertz CT molecular complexity index is 347. The summed E-state index contributed by atoms with van der Waals surface area (Å²) in [6, 6.07) is 1.82. The average molecular weight is 254 g/mol. The van der Waals surface area contributed by atoms with E-state index in [0.29, 0.717) is 0 Å². The van der Waals surface area contributed by atoms with Crippen molar-refractivity contribution in [2.45, 2.75) is 25.4 Å². The van der Waals surface area contributed by atoms with Crippen molar-refractivity contribution in [3.63, 3.8) is 0 Å². The van der Waals surface area contributed by atoms with Crippen molar-refractivity contribution in [3.8, 4) is 0 Å². The van der Waals surface area contributed by atoms with Gasteiger partial charge in [0.15, 0.2) is 0 Å². The molecule has 17 heavy (non-hydrogen) atoms. The maximum atomic E-state index is 11.8. The monoisotopic (exact) mass is 254 g/mol. The zero-order valence-corrected chi connectivity index (χ0v) is 10.6. The summed E-state index contributed by atoms with van der Waals surface area (Å²) in [6.45, 7) is 1.95. The molecule has 4 nitrogen and oxygen atoms in total. The number of amides is 2. The highest BCUT2D eigenvalue weighted by Gasteiger charge is 2.17. The summed E-state index contributed by atoms with van der Waals surface area (Å²) in [5, 5.41) is 16.4. The topological polar surface area (TPSA) is 52.6 Å². The maximum Gasteiger partial charge on any atom is 0.317 e. The van der Waals surface area contributed by atoms with Gasteiger partial charge in [-0.2, -0.15) is 11.3 Å². The van der Waals surface area contributed by atoms with Crippen molar-refractivity contribution in [3.05, 3.63) is 22.4 Å². The van der Waals surface area contributed by atoms with Gasteiger partial charge in [-0.3, -0.25) is 0 Å². The Kier molecular flexibility index (Phi) is 4.39. The summed E-state index contributed by atoms with van der Waals surface area (Å²) < 4.78 is 0. The van der Waals surface area contributed by atoms with Crippen molar-refractivity contribution in [2.75, 3.05) is 19.6 Å². The van der Waals surface area contributed by atoms with Gasteiger partial charge in [0.25, 0.3) is 0 Å². The molecular formula is C12H18N2O2S. The number of aliphatic hydroxyl groups excluding tert-OH is 1. The van der Waals surface area contributed by atoms with Gasteiger partial charge in [-0.05, 0) is 41.7 Å². The van der Waals surface area contributed by atoms with Crippen LogP contribution in [0.15, 0.2) is 16.8 Å². The number of carbonyl (C=O) groups excluding carboxylic acids is 1. The Balaban J connectivity index is 1.75. The molecule has 5 heteroatoms. The second-order valence-electron chi connectivity index (χ2n) is 4.31. The van der Waals surface area contributed by atoms with E-state index < -0.39 is 6.10 Å². The lowest BCUT2D eigenvalue weighted by atomic mass is 10.1. The molecule has 2 amide bonds. The van der Waals surface area contributed by atoms with E-state index in [2.05, 4.69) is 5.32 Å². The van der Waals surface area contributed by atoms with Gasteiger partial charge in [0.05, 0.1) is 6.10 Å². The number of piperidine rings is 1. The van der Waals surface area contributed by atoms with Crippen molar-refractivity contribution in [2.24, 2.45) is 0 Å². The fraction of sp³-hybridized carbons (Fsp3) is 0.583. The number of aliphatic hydroxyl groups is 1. The average Bonchev–Trinajstić information content (AvgIpc) is 2.90. The lowest BCUT2D eigenvalue weighted by Gasteiger charge is -2.27. The molecule has 1 atom stereocenters. The van der Waals surface area contributed by atoms with Gasteiger partial charge >= 0.3 is 6.03 Å². The molecule has 0 bridgehead atoms. The molecule has 1 saturated heterocycles. The highest BCUT2D eigenvalue weighted by Crippen LogP contribution is 2.15. The van der Waals surface area contributed by atoms with Crippen molar-refractivity contribution >= 4 is 17.4 Å². The summed E-state index contributed by atoms with van der Waals surface area (Å²) in [6.07, 6.45) is 2.78. The van der Waals surface area contributed by atoms with Gasteiger partial charge in [-0.25, -0.2) is 4.79 Å². The molecular weight excluding hydrogens is 236 g/mol. The number of rotatable bonds is 3. The smallest absolute Gasteiger partial charge is 0.317 e. The van der Waals surface area contributed by atoms with Crippen LogP contribution in [-0.4, -0.2) is 35.7 Å². The largest absolute Gasteiger partial charge is 0.387 e. The third-order valence-corrected chi connectivity index (χ3v) is 3.72. The summed E-state index contributed by atoms with van der Waals surface area (Å²) in [4.78, 5) is 13.6. The molecule has 2 N–H and O–H groups in total. The molecule has 0 aromatic carbocycles. The number of urea groups is 1. The Morgan fingerprint density at radius 2 is 2.24 bits per heavy atom. The second-order valence-corrected chi connectivity index (χ2v) is 5.09. The van der Waals surface area contributed by atoms with Crippen LogP contribution >= 0.6 is 11.3 Å². The zero-order chi connectivity index (χ0) is 12.1. The van der Waals surface area contributed by atoms with E-state index >= 15 is 0 Å². The van der Waals surface area contributed by atoms with E-state index in [1.54, 1.807) is 11.3 Å². The van der Waals surface area contributed by atoms with Crippen LogP contribution in [0.2, 0.25) is 0 Å². The normalized spacial score (nSPS) is 17.8. The Morgan fingerprint density at radius 3 is 2.88 bits per heavy atom. The first-order valence-electron chi connectivity index (χ1n) is 6.00. The molecule has 1 fully saturated rings. The molecule has 2 heterocycles. The number of nitrogens with zero attached hydrogens (tertiary/aromatic N) is 1. The predicted molar refractivity (Wildman–Crippen MR) is 68.1 cm³/mol. The number of hydrogen-bond acceptors (Lipinski definition) is 3. The quantitative estimate of drug-likeness (QED) is 0.866. The van der Waals surface area contributed by atoms with E-state index in [4.69, 9.17) is 0 Å². The summed E-state index contributed by atoms with van der Waals surface area (Å²) in [7, 11) is 0. The summed E-state index contributed by atoms with van der Waals surface area (Å²) in [5.41, 5.74) is 0.869. The van der Waals surface area contributed by atoms with E-state index in [1.165, 1.54) is 6.42 Å². The van der Waals surface area contributed by atoms with Crippen LogP contribution in [0.4, 0.5) is 4.79 Å². The van der Waals surface area contributed by atoms with Crippen LogP contribution in [0.5, 0.6) is 0 Å². The van der Waals surface area contributed by atoms with Crippen LogP contribution in [0.25, 0.3) is 0 Å². The van der Waals surface area contributed by atoms with Gasteiger partial charge in [0, 0.05) is 19.6 Å². The summed E-state index contributed by atoms with van der Waals surface area (Å²) >= 11 is 1.55. The van der Waals surface area contributed by atoms with Crippen molar-refractivity contribution < 1.29 is 9.90 Å². The fourth-order valence-corrected chi connectivity index (χ4v) is 2.68. The Labute approximate surface area is 105 Å². The second kappa shape index (κ2) is 6.02. The van der Waals surface area contributed by atoms with Crippen LogP contribution in [0.3, 0.4) is 0 Å². The SMILES string of the molecule is O=C(NCC(O)c1ccsc1)N1CCCCC1. The van der Waals surface area contributed by atoms with E-state index in [9.17, 15) is 9.90 Å². The molecule has 1 aromatic rings. The molecule has 1 aliphatic heterocycles. The lowest BCUT2D eigenvalue weighted by Crippen LogP contribution is -2.43. The first kappa shape index (κ1) is 12.4. The third-order valence-electron chi connectivity index (χ3n) is 3.02. The van der Waals surface area contributed by atoms with Crippen molar-refractivity contribution in [1.82, 2.24) is 10.2 Å². The Hall–Kier alpha value is -1.07. The van der Waals surface area contributed by atoms with Gasteiger partial charge in [0.1, 0.15) is 0 Å². The Morgan fingerprint density at radius 1 is 1.47 bits per heavy atom. The number of hydrogen-bond donors (Lipinski definition) is 2. The van der Waals surface area contributed by atoms with Crippen molar-refractivity contribution in [1.29, 1.82) is 0 Å². The molecule has 1 aromatic heterocycles. The molecule has 0 saturated carbocycles. The molecule has 2 rings (SSSR count). The minimum atomic E-state index is -0.602. The van der Waals surface area contributed by atoms with Gasteiger partial charge in [0.2, 0.25) is 0 Å². The first-order chi connectivity index (χ1) is 8.27. The minimum absolute atomic E-state index is 0.0565. The van der Waals surface area contributed by atoms with Crippen LogP contribution in [0, 0.1) is 0 Å². The molecule has 1 aliphatic rings. The standard InChI is InChI=1S/C12H18N2O2S/c15-11(10-4-7-17-9-10)8-13-12(16)14-5-2-1-3-6-14/h4,7,9,11,15H,1-3,5-6,8H2,(H,13,16). The summed E-state index contributed by atoms with van der Waals surface area (Å²) in [5.74, 6) is 0. The van der Waals surface area contributed by atoms with Crippen LogP contribution in [-0.2, 0) is 0 Å². The highest BCUT2D eigenvalue weighted by atomic mass is 32.1. The predicted octanol–water partition coefficient (Wildman–Crippen LogP) is 1.98. The molecule has 94 valence electrons. The molecule has 0 radical (unpaired) electrons. The first-order valence-corrected chi connectivity index (χ1v) is 6.94. The lowest BCUT2D eigenvalue weighted by molar-refractivity contribution is 0.157. The zero-order valence-electron chi connectivity index (χ0n) is 9.76. The highest BCUT2D eigenvalue weighted by molar-refractivity contribution is 7.07. The number of likely N-dealkylation sites (tertiary alicyclic amines) is 1. The number of nitrogens with one attached hydrogen (secondary N) is 1. The molecule has 1 unspecified atom stereocenters. The molecule has 0 spiro atoms. The minimum Gasteiger partial charge on any atom is -0.387 e.